The van der Waals surface area contributed by atoms with Crippen molar-refractivity contribution in [3.05, 3.63) is 0 Å². The fraction of sp³-hybridized carbons (Fsp3) is 1.00. The fourth-order valence-electron chi connectivity index (χ4n) is 0.150. The van der Waals surface area contributed by atoms with Crippen molar-refractivity contribution in [1.82, 2.24) is 0 Å². The van der Waals surface area contributed by atoms with Crippen molar-refractivity contribution in [2.45, 2.75) is 13.8 Å². The zero-order valence-electron chi connectivity index (χ0n) is 5.05. The van der Waals surface area contributed by atoms with Crippen molar-refractivity contribution < 1.29 is 13.4 Å². The van der Waals surface area contributed by atoms with E-state index in [1.54, 1.807) is 13.8 Å². The van der Waals surface area contributed by atoms with Crippen molar-refractivity contribution >= 4 is 11.1 Å². The quantitative estimate of drug-likeness (QED) is 0.422. The Labute approximate surface area is 51.6 Å². The monoisotopic (exact) mass is 138 g/mol. The van der Waals surface area contributed by atoms with Crippen molar-refractivity contribution in [3.63, 3.8) is 0 Å². The third-order valence-corrected chi connectivity index (χ3v) is 1.20. The normalized spacial score (nSPS) is 13.8. The summed E-state index contributed by atoms with van der Waals surface area (Å²) in [6.07, 6.45) is 0. The summed E-state index contributed by atoms with van der Waals surface area (Å²) in [6.45, 7) is 3.97. The fourth-order valence-corrected chi connectivity index (χ4v) is 0.450. The molecule has 0 aromatic rings. The average molecular weight is 138 g/mol. The molecule has 0 aliphatic heterocycles. The molecule has 0 amide bonds. The van der Waals surface area contributed by atoms with Crippen molar-refractivity contribution in [1.29, 1.82) is 0 Å². The van der Waals surface area contributed by atoms with Crippen LogP contribution in [0, 0.1) is 0 Å². The van der Waals surface area contributed by atoms with E-state index in [4.69, 9.17) is 0 Å². The lowest BCUT2D eigenvalue weighted by Crippen LogP contribution is -1.99. The Morgan fingerprint density at radius 3 is 2.50 bits per heavy atom. The highest BCUT2D eigenvalue weighted by atomic mass is 32.2. The molecule has 4 heteroatoms. The summed E-state index contributed by atoms with van der Waals surface area (Å²) in [6, 6.07) is 0. The Hall–Kier alpha value is 0.0700. The molecule has 0 aliphatic carbocycles. The maximum absolute atomic E-state index is 10.3. The number of hydrogen-bond donors (Lipinski definition) is 0. The standard InChI is InChI=1S/C4H10O3S/c1-3-6-7-8(5)4-2/h3-4H2,1-2H3. The SMILES string of the molecule is CCOOS(=O)CC. The summed E-state index contributed by atoms with van der Waals surface area (Å²) >= 11 is -1.25. The molecule has 0 aromatic carbocycles. The van der Waals surface area contributed by atoms with Gasteiger partial charge >= 0.3 is 0 Å². The second-order valence-corrected chi connectivity index (χ2v) is 2.39. The molecular weight excluding hydrogens is 128 g/mol. The molecule has 0 fully saturated rings. The highest BCUT2D eigenvalue weighted by molar-refractivity contribution is 7.80. The van der Waals surface area contributed by atoms with Crippen LogP contribution >= 0.6 is 0 Å². The van der Waals surface area contributed by atoms with Crippen LogP contribution in [0.4, 0.5) is 0 Å². The van der Waals surface area contributed by atoms with Gasteiger partial charge in [0.25, 0.3) is 0 Å². The largest absolute Gasteiger partial charge is 0.227 e. The number of hydrogen-bond acceptors (Lipinski definition) is 3. The Bertz CT molecular complexity index is 73.7. The van der Waals surface area contributed by atoms with Crippen LogP contribution in [0.5, 0.6) is 0 Å². The van der Waals surface area contributed by atoms with E-state index in [0.29, 0.717) is 12.4 Å². The van der Waals surface area contributed by atoms with Crippen LogP contribution in [-0.2, 0) is 20.3 Å². The van der Waals surface area contributed by atoms with Gasteiger partial charge in [-0.2, -0.15) is 0 Å². The van der Waals surface area contributed by atoms with Crippen LogP contribution in [0.15, 0.2) is 0 Å². The number of rotatable bonds is 4. The van der Waals surface area contributed by atoms with Gasteiger partial charge in [0.15, 0.2) is 11.1 Å². The zero-order valence-corrected chi connectivity index (χ0v) is 5.86. The van der Waals surface area contributed by atoms with E-state index in [0.717, 1.165) is 0 Å². The molecule has 0 rings (SSSR count). The minimum Gasteiger partial charge on any atom is -0.227 e. The van der Waals surface area contributed by atoms with Gasteiger partial charge in [0.2, 0.25) is 0 Å². The van der Waals surface area contributed by atoms with Gasteiger partial charge in [-0.25, -0.2) is 9.10 Å². The maximum Gasteiger partial charge on any atom is 0.187 e. The minimum absolute atomic E-state index is 0.436. The van der Waals surface area contributed by atoms with Gasteiger partial charge in [-0.1, -0.05) is 6.92 Å². The summed E-state index contributed by atoms with van der Waals surface area (Å²) in [5.41, 5.74) is 0. The average Bonchev–Trinajstić information content (AvgIpc) is 1.83. The van der Waals surface area contributed by atoms with Crippen LogP contribution in [0.1, 0.15) is 13.8 Å². The first-order valence-corrected chi connectivity index (χ1v) is 3.74. The zero-order chi connectivity index (χ0) is 6.41. The van der Waals surface area contributed by atoms with E-state index < -0.39 is 11.1 Å². The molecule has 0 heterocycles. The molecular formula is C4H10O3S. The van der Waals surface area contributed by atoms with E-state index in [-0.39, 0.29) is 0 Å². The minimum atomic E-state index is -1.25. The Morgan fingerprint density at radius 2 is 2.12 bits per heavy atom. The van der Waals surface area contributed by atoms with Gasteiger partial charge in [0.1, 0.15) is 0 Å². The Kier molecular flexibility index (Phi) is 5.26. The first kappa shape index (κ1) is 8.07. The van der Waals surface area contributed by atoms with Crippen LogP contribution in [0.2, 0.25) is 0 Å². The van der Waals surface area contributed by atoms with E-state index >= 15 is 0 Å². The maximum atomic E-state index is 10.3. The first-order valence-electron chi connectivity index (χ1n) is 2.49. The molecule has 8 heavy (non-hydrogen) atoms. The molecule has 1 unspecified atom stereocenters. The highest BCUT2D eigenvalue weighted by Gasteiger charge is 1.92. The van der Waals surface area contributed by atoms with Gasteiger partial charge in [-0.15, -0.1) is 4.33 Å². The predicted octanol–water partition coefficient (Wildman–Crippen LogP) is 0.638. The second kappa shape index (κ2) is 5.21. The Balaban J connectivity index is 2.99. The molecule has 0 bridgehead atoms. The highest BCUT2D eigenvalue weighted by Crippen LogP contribution is 1.84. The van der Waals surface area contributed by atoms with Gasteiger partial charge < -0.3 is 0 Å². The lowest BCUT2D eigenvalue weighted by atomic mass is 10.9. The lowest BCUT2D eigenvalue weighted by Gasteiger charge is -1.94. The molecule has 0 aliphatic rings. The van der Waals surface area contributed by atoms with E-state index in [1.807, 2.05) is 0 Å². The van der Waals surface area contributed by atoms with Crippen LogP contribution in [0.25, 0.3) is 0 Å². The van der Waals surface area contributed by atoms with Crippen LogP contribution < -0.4 is 0 Å². The molecule has 0 radical (unpaired) electrons. The summed E-state index contributed by atoms with van der Waals surface area (Å²) < 4.78 is 14.6. The predicted molar refractivity (Wildman–Crippen MR) is 31.4 cm³/mol. The second-order valence-electron chi connectivity index (χ2n) is 1.07. The van der Waals surface area contributed by atoms with Gasteiger partial charge in [0, 0.05) is 5.75 Å². The summed E-state index contributed by atoms with van der Waals surface area (Å²) in [5, 5.41) is 0. The van der Waals surface area contributed by atoms with Gasteiger partial charge in [-0.05, 0) is 6.92 Å². The molecule has 0 N–H and O–H groups in total. The van der Waals surface area contributed by atoms with Crippen molar-refractivity contribution in [2.75, 3.05) is 12.4 Å². The third-order valence-electron chi connectivity index (χ3n) is 0.478. The Morgan fingerprint density at radius 1 is 1.50 bits per heavy atom. The van der Waals surface area contributed by atoms with Crippen LogP contribution in [-0.4, -0.2) is 16.6 Å². The summed E-state index contributed by atoms with van der Waals surface area (Å²) in [4.78, 5) is 4.39. The molecule has 50 valence electrons. The summed E-state index contributed by atoms with van der Waals surface area (Å²) in [5.74, 6) is 0.472. The van der Waals surface area contributed by atoms with Gasteiger partial charge in [-0.3, -0.25) is 0 Å². The van der Waals surface area contributed by atoms with Gasteiger partial charge in [0.05, 0.1) is 6.61 Å². The van der Waals surface area contributed by atoms with Crippen LogP contribution in [0.3, 0.4) is 0 Å². The molecule has 3 nitrogen and oxygen atoms in total. The first-order chi connectivity index (χ1) is 3.81. The topological polar surface area (TPSA) is 35.5 Å². The van der Waals surface area contributed by atoms with Crippen molar-refractivity contribution in [3.8, 4) is 0 Å². The smallest absolute Gasteiger partial charge is 0.187 e. The van der Waals surface area contributed by atoms with E-state index in [1.165, 1.54) is 0 Å². The van der Waals surface area contributed by atoms with E-state index in [9.17, 15) is 4.21 Å². The molecule has 0 aromatic heterocycles. The molecule has 0 saturated carbocycles. The third kappa shape index (κ3) is 4.23. The van der Waals surface area contributed by atoms with Crippen molar-refractivity contribution in [2.24, 2.45) is 0 Å². The molecule has 1 atom stereocenters. The lowest BCUT2D eigenvalue weighted by molar-refractivity contribution is -0.191. The molecule has 0 spiro atoms. The summed E-state index contributed by atoms with van der Waals surface area (Å²) in [7, 11) is 0. The van der Waals surface area contributed by atoms with E-state index in [2.05, 4.69) is 9.22 Å². The molecule has 0 saturated heterocycles.